The predicted molar refractivity (Wildman–Crippen MR) is 235 cm³/mol. The summed E-state index contributed by atoms with van der Waals surface area (Å²) in [6.45, 7) is 0. The van der Waals surface area contributed by atoms with E-state index in [1.807, 2.05) is 0 Å². The molecule has 2 nitrogen and oxygen atoms in total. The Morgan fingerprint density at radius 2 is 0.696 bits per heavy atom. The van der Waals surface area contributed by atoms with Gasteiger partial charge in [-0.15, -0.1) is 0 Å². The first-order chi connectivity index (χ1) is 27.6. The predicted octanol–water partition coefficient (Wildman–Crippen LogP) is 14.7. The number of fused-ring (bicyclic) bond motifs is 2. The van der Waals surface area contributed by atoms with E-state index in [0.717, 1.165) is 11.8 Å². The van der Waals surface area contributed by atoms with Crippen LogP contribution in [0, 0.1) is 11.8 Å². The third-order valence-electron chi connectivity index (χ3n) is 13.6. The van der Waals surface area contributed by atoms with Crippen molar-refractivity contribution in [3.63, 3.8) is 0 Å². The van der Waals surface area contributed by atoms with Crippen molar-refractivity contribution < 1.29 is 0 Å². The summed E-state index contributed by atoms with van der Waals surface area (Å²) in [7, 11) is 0. The fourth-order valence-electron chi connectivity index (χ4n) is 11.7. The third kappa shape index (κ3) is 5.54. The van der Waals surface area contributed by atoms with E-state index in [1.54, 1.807) is 0 Å². The molecule has 0 unspecified atom stereocenters. The highest BCUT2D eigenvalue weighted by atomic mass is 15.1. The number of hydrogen-bond acceptors (Lipinski definition) is 2. The fraction of sp³-hybridized carbons (Fsp3) is 0.185. The standard InChI is InChI=1S/C54H46N2/c1-3-17-45(18-4-1)55(51-23-11-15-41-13-7-9-21-49(41)51)47-29-25-43(26-30-47)53-34-39-33-40(35-53)37-54(36-39,38-53)44-27-31-48(32-28-44)56(46-19-5-2-6-20-46)52-24-12-16-42-14-8-10-22-50(42)52/h1-32,39-40H,33-38H2. The van der Waals surface area contributed by atoms with Crippen LogP contribution in [0.2, 0.25) is 0 Å². The van der Waals surface area contributed by atoms with E-state index in [9.17, 15) is 0 Å². The molecule has 0 N–H and O–H groups in total. The molecule has 12 rings (SSSR count). The van der Waals surface area contributed by atoms with Crippen LogP contribution in [-0.2, 0) is 10.8 Å². The minimum atomic E-state index is 0.220. The number of benzene rings is 8. The van der Waals surface area contributed by atoms with Crippen molar-refractivity contribution in [2.24, 2.45) is 11.8 Å². The van der Waals surface area contributed by atoms with E-state index in [1.165, 1.54) is 105 Å². The monoisotopic (exact) mass is 722 g/mol. The van der Waals surface area contributed by atoms with Crippen LogP contribution >= 0.6 is 0 Å². The second-order valence-electron chi connectivity index (χ2n) is 17.0. The van der Waals surface area contributed by atoms with E-state index in [2.05, 4.69) is 204 Å². The molecule has 8 aromatic rings. The minimum absolute atomic E-state index is 0.220. The lowest BCUT2D eigenvalue weighted by Gasteiger charge is -2.63. The molecule has 4 aliphatic carbocycles. The summed E-state index contributed by atoms with van der Waals surface area (Å²) >= 11 is 0. The second kappa shape index (κ2) is 13.3. The summed E-state index contributed by atoms with van der Waals surface area (Å²) in [6, 6.07) is 72.1. The van der Waals surface area contributed by atoms with Crippen LogP contribution in [0.15, 0.2) is 194 Å². The molecule has 272 valence electrons. The van der Waals surface area contributed by atoms with Crippen LogP contribution in [0.3, 0.4) is 0 Å². The molecular formula is C54H46N2. The van der Waals surface area contributed by atoms with E-state index < -0.39 is 0 Å². The number of nitrogens with zero attached hydrogens (tertiary/aromatic N) is 2. The van der Waals surface area contributed by atoms with E-state index in [-0.39, 0.29) is 10.8 Å². The molecule has 0 atom stereocenters. The first kappa shape index (κ1) is 33.2. The zero-order valence-electron chi connectivity index (χ0n) is 31.8. The van der Waals surface area contributed by atoms with Crippen molar-refractivity contribution in [2.45, 2.75) is 49.4 Å². The van der Waals surface area contributed by atoms with Gasteiger partial charge in [0.05, 0.1) is 11.4 Å². The summed E-state index contributed by atoms with van der Waals surface area (Å²) in [5, 5.41) is 5.05. The quantitative estimate of drug-likeness (QED) is 0.154. The highest BCUT2D eigenvalue weighted by molar-refractivity contribution is 6.00. The summed E-state index contributed by atoms with van der Waals surface area (Å²) in [5.74, 6) is 1.56. The molecule has 56 heavy (non-hydrogen) atoms. The average Bonchev–Trinajstić information content (AvgIpc) is 3.25. The maximum Gasteiger partial charge on any atom is 0.0540 e. The normalized spacial score (nSPS) is 22.4. The topological polar surface area (TPSA) is 6.48 Å². The fourth-order valence-corrected chi connectivity index (χ4v) is 11.7. The molecule has 8 aromatic carbocycles. The molecular weight excluding hydrogens is 677 g/mol. The smallest absolute Gasteiger partial charge is 0.0540 e. The molecule has 4 fully saturated rings. The highest BCUT2D eigenvalue weighted by Crippen LogP contribution is 2.66. The zero-order chi connectivity index (χ0) is 37.1. The molecule has 0 amide bonds. The Morgan fingerprint density at radius 1 is 0.339 bits per heavy atom. The zero-order valence-corrected chi connectivity index (χ0v) is 31.8. The van der Waals surface area contributed by atoms with E-state index in [4.69, 9.17) is 0 Å². The first-order valence-electron chi connectivity index (χ1n) is 20.5. The number of para-hydroxylation sites is 2. The van der Waals surface area contributed by atoms with Crippen LogP contribution in [0.25, 0.3) is 21.5 Å². The van der Waals surface area contributed by atoms with Crippen molar-refractivity contribution in [3.05, 3.63) is 205 Å². The molecule has 0 aliphatic heterocycles. The van der Waals surface area contributed by atoms with Gasteiger partial charge in [-0.25, -0.2) is 0 Å². The molecule has 4 aliphatic rings. The Bertz CT molecular complexity index is 2460. The lowest BCUT2D eigenvalue weighted by Crippen LogP contribution is -2.55. The van der Waals surface area contributed by atoms with Crippen LogP contribution in [0.1, 0.15) is 49.7 Å². The molecule has 4 bridgehead atoms. The Labute approximate surface area is 330 Å². The number of anilines is 6. The van der Waals surface area contributed by atoms with E-state index in [0.29, 0.717) is 0 Å². The van der Waals surface area contributed by atoms with Gasteiger partial charge in [0.15, 0.2) is 0 Å². The molecule has 0 radical (unpaired) electrons. The Balaban J connectivity index is 0.942. The lowest BCUT2D eigenvalue weighted by molar-refractivity contribution is -0.0281. The van der Waals surface area contributed by atoms with Crippen molar-refractivity contribution in [1.82, 2.24) is 0 Å². The van der Waals surface area contributed by atoms with Gasteiger partial charge in [0.25, 0.3) is 0 Å². The van der Waals surface area contributed by atoms with Gasteiger partial charge in [0.2, 0.25) is 0 Å². The van der Waals surface area contributed by atoms with E-state index >= 15 is 0 Å². The summed E-state index contributed by atoms with van der Waals surface area (Å²) < 4.78 is 0. The largest absolute Gasteiger partial charge is 0.310 e. The maximum absolute atomic E-state index is 2.49. The van der Waals surface area contributed by atoms with Crippen molar-refractivity contribution >= 4 is 55.7 Å². The average molecular weight is 723 g/mol. The van der Waals surface area contributed by atoms with Gasteiger partial charge in [-0.05, 0) is 144 Å². The van der Waals surface area contributed by atoms with Crippen LogP contribution in [-0.4, -0.2) is 0 Å². The molecule has 0 spiro atoms. The van der Waals surface area contributed by atoms with Crippen molar-refractivity contribution in [2.75, 3.05) is 9.80 Å². The van der Waals surface area contributed by atoms with Gasteiger partial charge in [-0.3, -0.25) is 0 Å². The van der Waals surface area contributed by atoms with Gasteiger partial charge in [-0.1, -0.05) is 133 Å². The molecule has 4 saturated carbocycles. The summed E-state index contributed by atoms with van der Waals surface area (Å²) in [4.78, 5) is 4.87. The minimum Gasteiger partial charge on any atom is -0.310 e. The van der Waals surface area contributed by atoms with Crippen molar-refractivity contribution in [3.8, 4) is 0 Å². The van der Waals surface area contributed by atoms with Crippen LogP contribution < -0.4 is 9.80 Å². The summed E-state index contributed by atoms with van der Waals surface area (Å²) in [6.07, 6.45) is 7.90. The first-order valence-corrected chi connectivity index (χ1v) is 20.5. The highest BCUT2D eigenvalue weighted by Gasteiger charge is 2.58. The molecule has 2 heteroatoms. The van der Waals surface area contributed by atoms with Gasteiger partial charge < -0.3 is 9.80 Å². The van der Waals surface area contributed by atoms with Gasteiger partial charge in [-0.2, -0.15) is 0 Å². The Kier molecular flexibility index (Phi) is 7.88. The Hall–Kier alpha value is -6.12. The van der Waals surface area contributed by atoms with Crippen molar-refractivity contribution in [1.29, 1.82) is 0 Å². The lowest BCUT2D eigenvalue weighted by atomic mass is 9.42. The molecule has 0 heterocycles. The number of hydrogen-bond donors (Lipinski definition) is 0. The summed E-state index contributed by atoms with van der Waals surface area (Å²) in [5.41, 5.74) is 10.7. The van der Waals surface area contributed by atoms with Crippen LogP contribution in [0.5, 0.6) is 0 Å². The maximum atomic E-state index is 2.49. The second-order valence-corrected chi connectivity index (χ2v) is 17.0. The third-order valence-corrected chi connectivity index (χ3v) is 13.6. The SMILES string of the molecule is c1ccc(N(c2ccc(C34CC5CC(C3)CC(c3ccc(N(c6ccccc6)c6cccc7ccccc67)cc3)(C5)C4)cc2)c2cccc3ccccc23)cc1. The van der Waals surface area contributed by atoms with Gasteiger partial charge >= 0.3 is 0 Å². The van der Waals surface area contributed by atoms with Crippen LogP contribution in [0.4, 0.5) is 34.1 Å². The molecule has 0 aromatic heterocycles. The Morgan fingerprint density at radius 3 is 1.12 bits per heavy atom. The van der Waals surface area contributed by atoms with Gasteiger partial charge in [0.1, 0.15) is 0 Å². The molecule has 0 saturated heterocycles. The number of rotatable bonds is 8. The van der Waals surface area contributed by atoms with Gasteiger partial charge in [0, 0.05) is 33.5 Å².